The monoisotopic (exact) mass is 382 g/mol. The van der Waals surface area contributed by atoms with Crippen molar-refractivity contribution in [2.24, 2.45) is 17.8 Å². The van der Waals surface area contributed by atoms with Gasteiger partial charge in [-0.2, -0.15) is 0 Å². The van der Waals surface area contributed by atoms with Gasteiger partial charge in [0.05, 0.1) is 12.2 Å². The van der Waals surface area contributed by atoms with Crippen LogP contribution in [0.5, 0.6) is 0 Å². The van der Waals surface area contributed by atoms with E-state index < -0.39 is 17.8 Å². The maximum Gasteiger partial charge on any atom is 0.266 e. The van der Waals surface area contributed by atoms with Crippen LogP contribution in [-0.2, 0) is 0 Å². The van der Waals surface area contributed by atoms with Gasteiger partial charge in [-0.15, -0.1) is 0 Å². The van der Waals surface area contributed by atoms with Crippen molar-refractivity contribution in [3.8, 4) is 0 Å². The van der Waals surface area contributed by atoms with E-state index in [-0.39, 0.29) is 6.67 Å². The van der Waals surface area contributed by atoms with Gasteiger partial charge in [-0.05, 0) is 93.1 Å². The Balaban J connectivity index is 1.48. The maximum absolute atomic E-state index is 13.9. The van der Waals surface area contributed by atoms with E-state index >= 15 is 0 Å². The SMILES string of the molecule is FCC/C=C/C1CCC(C2CCC(c3ccc(C(F)F)c(F)c3)CC2)CC1. The van der Waals surface area contributed by atoms with Gasteiger partial charge in [0.1, 0.15) is 5.82 Å². The van der Waals surface area contributed by atoms with Crippen LogP contribution in [0, 0.1) is 23.6 Å². The Bertz CT molecular complexity index is 609. The van der Waals surface area contributed by atoms with Crippen molar-refractivity contribution in [1.82, 2.24) is 0 Å². The van der Waals surface area contributed by atoms with Gasteiger partial charge in [0.25, 0.3) is 6.43 Å². The van der Waals surface area contributed by atoms with Crippen LogP contribution in [0.2, 0.25) is 0 Å². The first kappa shape index (κ1) is 20.4. The summed E-state index contributed by atoms with van der Waals surface area (Å²) in [5, 5.41) is 0. The lowest BCUT2D eigenvalue weighted by Gasteiger charge is -2.37. The standard InChI is InChI=1S/C23H30F4/c24-14-2-1-3-16-4-6-17(7-5-16)18-8-10-19(11-9-18)20-12-13-21(23(26)27)22(25)15-20/h1,3,12-13,15-19,23H,2,4-11,14H2/b3-1+. The third-order valence-corrected chi connectivity index (χ3v) is 6.67. The van der Waals surface area contributed by atoms with Crippen molar-refractivity contribution in [2.45, 2.75) is 70.1 Å². The van der Waals surface area contributed by atoms with Gasteiger partial charge >= 0.3 is 0 Å². The van der Waals surface area contributed by atoms with E-state index in [1.165, 1.54) is 37.8 Å². The first-order valence-corrected chi connectivity index (χ1v) is 10.4. The van der Waals surface area contributed by atoms with Gasteiger partial charge in [0, 0.05) is 0 Å². The molecule has 0 heterocycles. The van der Waals surface area contributed by atoms with Crippen molar-refractivity contribution < 1.29 is 17.6 Å². The zero-order valence-electron chi connectivity index (χ0n) is 15.9. The van der Waals surface area contributed by atoms with Crippen molar-refractivity contribution in [3.05, 3.63) is 47.3 Å². The lowest BCUT2D eigenvalue weighted by Crippen LogP contribution is -2.25. The summed E-state index contributed by atoms with van der Waals surface area (Å²) in [6, 6.07) is 4.26. The lowest BCUT2D eigenvalue weighted by molar-refractivity contribution is 0.146. The fourth-order valence-electron chi connectivity index (χ4n) is 5.06. The van der Waals surface area contributed by atoms with Crippen molar-refractivity contribution in [1.29, 1.82) is 0 Å². The molecule has 2 fully saturated rings. The highest BCUT2D eigenvalue weighted by atomic mass is 19.3. The summed E-state index contributed by atoms with van der Waals surface area (Å²) in [4.78, 5) is 0. The Hall–Kier alpha value is -1.32. The molecule has 150 valence electrons. The van der Waals surface area contributed by atoms with Crippen LogP contribution in [0.15, 0.2) is 30.4 Å². The highest BCUT2D eigenvalue weighted by Crippen LogP contribution is 2.44. The number of alkyl halides is 3. The largest absolute Gasteiger partial charge is 0.266 e. The van der Waals surface area contributed by atoms with Crippen LogP contribution in [0.3, 0.4) is 0 Å². The van der Waals surface area contributed by atoms with Gasteiger partial charge < -0.3 is 0 Å². The molecule has 0 amide bonds. The summed E-state index contributed by atoms with van der Waals surface area (Å²) in [6.45, 7) is -0.274. The first-order valence-electron chi connectivity index (χ1n) is 10.4. The molecule has 0 aromatic heterocycles. The van der Waals surface area contributed by atoms with E-state index in [0.717, 1.165) is 43.1 Å². The molecular formula is C23H30F4. The molecule has 2 aliphatic carbocycles. The summed E-state index contributed by atoms with van der Waals surface area (Å²) in [7, 11) is 0. The molecule has 27 heavy (non-hydrogen) atoms. The number of hydrogen-bond acceptors (Lipinski definition) is 0. The van der Waals surface area contributed by atoms with Gasteiger partial charge in [0.2, 0.25) is 0 Å². The van der Waals surface area contributed by atoms with E-state index in [2.05, 4.69) is 6.08 Å². The molecule has 1 aromatic carbocycles. The predicted molar refractivity (Wildman–Crippen MR) is 101 cm³/mol. The lowest BCUT2D eigenvalue weighted by atomic mass is 9.68. The zero-order valence-corrected chi connectivity index (χ0v) is 15.9. The fourth-order valence-corrected chi connectivity index (χ4v) is 5.06. The molecule has 3 rings (SSSR count). The van der Waals surface area contributed by atoms with E-state index in [1.807, 2.05) is 6.08 Å². The average Bonchev–Trinajstić information content (AvgIpc) is 2.68. The molecule has 0 unspecified atom stereocenters. The molecule has 0 aliphatic heterocycles. The highest BCUT2D eigenvalue weighted by Gasteiger charge is 2.31. The molecule has 0 radical (unpaired) electrons. The van der Waals surface area contributed by atoms with Crippen LogP contribution in [0.1, 0.15) is 81.3 Å². The van der Waals surface area contributed by atoms with Crippen LogP contribution in [0.25, 0.3) is 0 Å². The van der Waals surface area contributed by atoms with Crippen LogP contribution >= 0.6 is 0 Å². The summed E-state index contributed by atoms with van der Waals surface area (Å²) < 4.78 is 51.5. The number of rotatable bonds is 6. The Morgan fingerprint density at radius 3 is 2.11 bits per heavy atom. The fraction of sp³-hybridized carbons (Fsp3) is 0.652. The minimum atomic E-state index is -2.75. The molecule has 0 bridgehead atoms. The minimum absolute atomic E-state index is 0.274. The quantitative estimate of drug-likeness (QED) is 0.348. The highest BCUT2D eigenvalue weighted by molar-refractivity contribution is 5.28. The number of benzene rings is 1. The van der Waals surface area contributed by atoms with Crippen molar-refractivity contribution in [3.63, 3.8) is 0 Å². The molecule has 0 spiro atoms. The van der Waals surface area contributed by atoms with Gasteiger partial charge in [-0.1, -0.05) is 24.3 Å². The third kappa shape index (κ3) is 5.36. The number of allylic oxidation sites excluding steroid dienone is 2. The topological polar surface area (TPSA) is 0 Å². The normalized spacial score (nSPS) is 29.5. The molecule has 0 atom stereocenters. The summed E-state index contributed by atoms with van der Waals surface area (Å²) in [6.07, 6.45) is 11.2. The minimum Gasteiger partial charge on any atom is -0.251 e. The first-order chi connectivity index (χ1) is 13.1. The Morgan fingerprint density at radius 1 is 0.926 bits per heavy atom. The van der Waals surface area contributed by atoms with Crippen molar-refractivity contribution >= 4 is 0 Å². The summed E-state index contributed by atoms with van der Waals surface area (Å²) >= 11 is 0. The predicted octanol–water partition coefficient (Wildman–Crippen LogP) is 7.76. The summed E-state index contributed by atoms with van der Waals surface area (Å²) in [5.74, 6) is 1.64. The Labute approximate surface area is 160 Å². The van der Waals surface area contributed by atoms with Crippen LogP contribution in [0.4, 0.5) is 17.6 Å². The molecule has 0 saturated heterocycles. The number of hydrogen-bond donors (Lipinski definition) is 0. The van der Waals surface area contributed by atoms with E-state index in [1.54, 1.807) is 6.07 Å². The molecule has 2 aliphatic rings. The zero-order chi connectivity index (χ0) is 19.2. The van der Waals surface area contributed by atoms with Gasteiger partial charge in [0.15, 0.2) is 0 Å². The maximum atomic E-state index is 13.9. The van der Waals surface area contributed by atoms with Crippen LogP contribution < -0.4 is 0 Å². The molecular weight excluding hydrogens is 352 g/mol. The second-order valence-corrected chi connectivity index (χ2v) is 8.27. The van der Waals surface area contributed by atoms with E-state index in [4.69, 9.17) is 0 Å². The molecule has 0 N–H and O–H groups in total. The third-order valence-electron chi connectivity index (χ3n) is 6.67. The smallest absolute Gasteiger partial charge is 0.251 e. The molecule has 2 saturated carbocycles. The second-order valence-electron chi connectivity index (χ2n) is 8.27. The molecule has 4 heteroatoms. The van der Waals surface area contributed by atoms with Gasteiger partial charge in [-0.25, -0.2) is 13.2 Å². The van der Waals surface area contributed by atoms with Crippen LogP contribution in [-0.4, -0.2) is 6.67 Å². The van der Waals surface area contributed by atoms with Gasteiger partial charge in [-0.3, -0.25) is 4.39 Å². The number of halogens is 4. The summed E-state index contributed by atoms with van der Waals surface area (Å²) in [5.41, 5.74) is 0.377. The molecule has 0 nitrogen and oxygen atoms in total. The van der Waals surface area contributed by atoms with Crippen molar-refractivity contribution in [2.75, 3.05) is 6.67 Å². The average molecular weight is 382 g/mol. The second kappa shape index (κ2) is 9.75. The Morgan fingerprint density at radius 2 is 1.56 bits per heavy atom. The Kier molecular flexibility index (Phi) is 7.37. The molecule has 1 aromatic rings. The van der Waals surface area contributed by atoms with E-state index in [0.29, 0.717) is 18.3 Å². The van der Waals surface area contributed by atoms with E-state index in [9.17, 15) is 17.6 Å².